The number of nitrogens with zero attached hydrogens (tertiary/aromatic N) is 1. The molecular formula is C17H12Cl2N2O5S. The summed E-state index contributed by atoms with van der Waals surface area (Å²) in [7, 11) is -3.85. The molecule has 0 aliphatic rings. The Bertz CT molecular complexity index is 1120. The van der Waals surface area contributed by atoms with Gasteiger partial charge in [0, 0.05) is 12.5 Å². The minimum Gasteiger partial charge on any atom is -0.391 e. The molecule has 0 radical (unpaired) electrons. The monoisotopic (exact) mass is 426 g/mol. The maximum absolute atomic E-state index is 11.5. The van der Waals surface area contributed by atoms with Gasteiger partial charge < -0.3 is 9.26 Å². The van der Waals surface area contributed by atoms with E-state index in [0.717, 1.165) is 0 Å². The number of carbonyl (C=O) groups excluding carboxylic acids is 1. The first-order chi connectivity index (χ1) is 12.7. The van der Waals surface area contributed by atoms with Crippen molar-refractivity contribution in [1.82, 2.24) is 5.16 Å². The van der Waals surface area contributed by atoms with Crippen molar-refractivity contribution in [3.05, 3.63) is 52.5 Å². The summed E-state index contributed by atoms with van der Waals surface area (Å²) in [6.07, 6.45) is 0. The molecule has 10 heteroatoms. The van der Waals surface area contributed by atoms with Crippen LogP contribution < -0.4 is 9.88 Å². The number of hydrogen-bond acceptors (Lipinski definition) is 6. The summed E-state index contributed by atoms with van der Waals surface area (Å²) in [5, 5.41) is 9.75. The second kappa shape index (κ2) is 7.32. The van der Waals surface area contributed by atoms with Gasteiger partial charge in [-0.15, -0.1) is 0 Å². The summed E-state index contributed by atoms with van der Waals surface area (Å²) in [4.78, 5) is 11.3. The predicted octanol–water partition coefficient (Wildman–Crippen LogP) is 3.89. The predicted molar refractivity (Wildman–Crippen MR) is 100 cm³/mol. The van der Waals surface area contributed by atoms with E-state index in [4.69, 9.17) is 37.6 Å². The van der Waals surface area contributed by atoms with Crippen LogP contribution in [-0.2, 0) is 14.8 Å². The number of nitrogens with two attached hydrogens (primary N) is 1. The van der Waals surface area contributed by atoms with Gasteiger partial charge in [0.2, 0.25) is 10.0 Å². The molecule has 0 unspecified atom stereocenters. The van der Waals surface area contributed by atoms with Crippen LogP contribution in [0.25, 0.3) is 22.4 Å². The average Bonchev–Trinajstić information content (AvgIpc) is 2.99. The molecule has 7 nitrogen and oxygen atoms in total. The average molecular weight is 427 g/mol. The van der Waals surface area contributed by atoms with E-state index in [0.29, 0.717) is 32.4 Å². The van der Waals surface area contributed by atoms with E-state index in [1.165, 1.54) is 31.2 Å². The molecule has 1 aromatic heterocycles. The smallest absolute Gasteiger partial charge is 0.327 e. The van der Waals surface area contributed by atoms with Gasteiger partial charge in [0.05, 0.1) is 20.5 Å². The fourth-order valence-electron chi connectivity index (χ4n) is 2.38. The van der Waals surface area contributed by atoms with Crippen LogP contribution in [-0.4, -0.2) is 19.5 Å². The van der Waals surface area contributed by atoms with E-state index in [2.05, 4.69) is 5.16 Å². The van der Waals surface area contributed by atoms with E-state index in [9.17, 15) is 13.2 Å². The molecule has 0 fully saturated rings. The molecule has 0 aliphatic carbocycles. The molecule has 0 bridgehead atoms. The Balaban J connectivity index is 2.18. The zero-order chi connectivity index (χ0) is 19.8. The largest absolute Gasteiger partial charge is 0.391 e. The Kier molecular flexibility index (Phi) is 5.25. The van der Waals surface area contributed by atoms with Gasteiger partial charge in [0.25, 0.3) is 0 Å². The van der Waals surface area contributed by atoms with Crippen LogP contribution in [0.15, 0.2) is 51.9 Å². The van der Waals surface area contributed by atoms with Crippen molar-refractivity contribution in [1.29, 1.82) is 0 Å². The Hall–Kier alpha value is -2.39. The number of halogens is 2. The van der Waals surface area contributed by atoms with Crippen LogP contribution in [0, 0.1) is 0 Å². The molecule has 3 aromatic rings. The summed E-state index contributed by atoms with van der Waals surface area (Å²) in [6, 6.07) is 10.5. The molecule has 0 spiro atoms. The lowest BCUT2D eigenvalue weighted by molar-refractivity contribution is -0.133. The molecule has 140 valence electrons. The van der Waals surface area contributed by atoms with Crippen LogP contribution in [0.5, 0.6) is 5.95 Å². The van der Waals surface area contributed by atoms with Crippen molar-refractivity contribution in [3.8, 4) is 28.3 Å². The molecule has 0 atom stereocenters. The molecule has 3 rings (SSSR count). The topological polar surface area (TPSA) is 112 Å². The minimum atomic E-state index is -3.85. The normalized spacial score (nSPS) is 11.4. The van der Waals surface area contributed by atoms with Crippen molar-refractivity contribution >= 4 is 39.2 Å². The number of hydrogen-bond donors (Lipinski definition) is 1. The van der Waals surface area contributed by atoms with Gasteiger partial charge >= 0.3 is 11.9 Å². The standard InChI is InChI=1S/C17H12Cl2N2O5S/c1-9(22)25-17-15(10-2-5-12(6-3-10)27(20,23)24)16(21-26-17)11-4-7-13(18)14(19)8-11/h2-8H,1H3,(H2,20,23,24). The van der Waals surface area contributed by atoms with Crippen LogP contribution >= 0.6 is 23.2 Å². The highest BCUT2D eigenvalue weighted by Crippen LogP contribution is 2.40. The van der Waals surface area contributed by atoms with E-state index in [1.54, 1.807) is 18.2 Å². The van der Waals surface area contributed by atoms with Crippen LogP contribution in [0.3, 0.4) is 0 Å². The summed E-state index contributed by atoms with van der Waals surface area (Å²) >= 11 is 12.0. The molecule has 0 amide bonds. The first-order valence-electron chi connectivity index (χ1n) is 7.43. The molecule has 0 saturated carbocycles. The molecule has 2 N–H and O–H groups in total. The van der Waals surface area contributed by atoms with Crippen molar-refractivity contribution < 1.29 is 22.5 Å². The highest BCUT2D eigenvalue weighted by molar-refractivity contribution is 7.89. The SMILES string of the molecule is CC(=O)Oc1onc(-c2ccc(Cl)c(Cl)c2)c1-c1ccc(S(N)(=O)=O)cc1. The van der Waals surface area contributed by atoms with E-state index in [-0.39, 0.29) is 10.8 Å². The number of aromatic nitrogens is 1. The summed E-state index contributed by atoms with van der Waals surface area (Å²) in [5.74, 6) is -0.735. The third kappa shape index (κ3) is 4.14. The highest BCUT2D eigenvalue weighted by Gasteiger charge is 2.23. The molecule has 0 aliphatic heterocycles. The maximum Gasteiger partial charge on any atom is 0.327 e. The Morgan fingerprint density at radius 1 is 1.07 bits per heavy atom. The van der Waals surface area contributed by atoms with Gasteiger partial charge in [-0.2, -0.15) is 0 Å². The zero-order valence-electron chi connectivity index (χ0n) is 13.8. The number of carbonyl (C=O) groups is 1. The summed E-state index contributed by atoms with van der Waals surface area (Å²) < 4.78 is 33.2. The number of primary sulfonamides is 1. The third-order valence-corrected chi connectivity index (χ3v) is 5.23. The summed E-state index contributed by atoms with van der Waals surface area (Å²) in [5.41, 5.74) is 1.76. The van der Waals surface area contributed by atoms with Gasteiger partial charge in [0.1, 0.15) is 5.69 Å². The first-order valence-corrected chi connectivity index (χ1v) is 9.74. The Morgan fingerprint density at radius 3 is 2.26 bits per heavy atom. The Labute approximate surface area is 164 Å². The minimum absolute atomic E-state index is 0.0622. The van der Waals surface area contributed by atoms with Gasteiger partial charge in [-0.1, -0.05) is 46.6 Å². The highest BCUT2D eigenvalue weighted by atomic mass is 35.5. The van der Waals surface area contributed by atoms with Gasteiger partial charge in [0.15, 0.2) is 0 Å². The fraction of sp³-hybridized carbons (Fsp3) is 0.0588. The zero-order valence-corrected chi connectivity index (χ0v) is 16.1. The first kappa shape index (κ1) is 19.4. The van der Waals surface area contributed by atoms with Gasteiger partial charge in [-0.3, -0.25) is 4.79 Å². The number of esters is 1. The number of ether oxygens (including phenoxy) is 1. The van der Waals surface area contributed by atoms with Gasteiger partial charge in [-0.25, -0.2) is 13.6 Å². The summed E-state index contributed by atoms with van der Waals surface area (Å²) in [6.45, 7) is 1.22. The second-order valence-corrected chi connectivity index (χ2v) is 7.86. The van der Waals surface area contributed by atoms with Crippen molar-refractivity contribution in [2.45, 2.75) is 11.8 Å². The number of sulfonamides is 1. The van der Waals surface area contributed by atoms with E-state index < -0.39 is 16.0 Å². The third-order valence-electron chi connectivity index (χ3n) is 3.56. The van der Waals surface area contributed by atoms with E-state index in [1.807, 2.05) is 0 Å². The second-order valence-electron chi connectivity index (χ2n) is 5.49. The molecule has 2 aromatic carbocycles. The van der Waals surface area contributed by atoms with Gasteiger partial charge in [-0.05, 0) is 29.8 Å². The van der Waals surface area contributed by atoms with Crippen LogP contribution in [0.1, 0.15) is 6.92 Å². The van der Waals surface area contributed by atoms with Crippen molar-refractivity contribution in [3.63, 3.8) is 0 Å². The number of rotatable bonds is 4. The lowest BCUT2D eigenvalue weighted by Gasteiger charge is -2.06. The fourth-order valence-corrected chi connectivity index (χ4v) is 3.20. The molecule has 0 saturated heterocycles. The van der Waals surface area contributed by atoms with Crippen LogP contribution in [0.4, 0.5) is 0 Å². The molecule has 1 heterocycles. The lowest BCUT2D eigenvalue weighted by Crippen LogP contribution is -2.11. The van der Waals surface area contributed by atoms with Crippen molar-refractivity contribution in [2.75, 3.05) is 0 Å². The Morgan fingerprint density at radius 2 is 1.70 bits per heavy atom. The lowest BCUT2D eigenvalue weighted by atomic mass is 10.0. The quantitative estimate of drug-likeness (QED) is 0.633. The van der Waals surface area contributed by atoms with E-state index >= 15 is 0 Å². The molecular weight excluding hydrogens is 415 g/mol. The number of benzene rings is 2. The van der Waals surface area contributed by atoms with Crippen molar-refractivity contribution in [2.24, 2.45) is 5.14 Å². The molecule has 27 heavy (non-hydrogen) atoms. The maximum atomic E-state index is 11.5. The van der Waals surface area contributed by atoms with Crippen LogP contribution in [0.2, 0.25) is 10.0 Å².